The Morgan fingerprint density at radius 1 is 1.11 bits per heavy atom. The van der Waals surface area contributed by atoms with Gasteiger partial charge in [-0.3, -0.25) is 0 Å². The van der Waals surface area contributed by atoms with Gasteiger partial charge in [-0.25, -0.2) is 12.7 Å². The number of rotatable bonds is 6. The highest BCUT2D eigenvalue weighted by atomic mass is 35.5. The van der Waals surface area contributed by atoms with Crippen LogP contribution in [-0.2, 0) is 20.2 Å². The standard InChI is InChI=1S/C27H32ClN3O4S/c1-26(2,21-12-19(16-29)25(24(28)13-21)30-8-10-34-11-9-30)20-4-6-22(7-5-20)35-23-14-27(15-23)17-31(18-27)36(3,32)33/h4-7,12-13,23H,8-11,14-15,17-18H2,1-3H3. The first-order chi connectivity index (χ1) is 17.0. The Labute approximate surface area is 218 Å². The average Bonchev–Trinajstić information content (AvgIpc) is 2.79. The van der Waals surface area contributed by atoms with Crippen LogP contribution in [0.3, 0.4) is 0 Å². The van der Waals surface area contributed by atoms with Crippen LogP contribution in [0.25, 0.3) is 0 Å². The second kappa shape index (κ2) is 9.21. The third-order valence-corrected chi connectivity index (χ3v) is 9.41. The van der Waals surface area contributed by atoms with E-state index in [9.17, 15) is 13.7 Å². The molecule has 1 aliphatic carbocycles. The van der Waals surface area contributed by atoms with E-state index in [1.165, 1.54) is 10.6 Å². The zero-order valence-electron chi connectivity index (χ0n) is 21.0. The number of nitrogens with zero attached hydrogens (tertiary/aromatic N) is 3. The molecular formula is C27H32ClN3O4S. The van der Waals surface area contributed by atoms with Crippen molar-refractivity contribution in [3.8, 4) is 11.8 Å². The highest BCUT2D eigenvalue weighted by Crippen LogP contribution is 2.50. The largest absolute Gasteiger partial charge is 0.490 e. The molecule has 0 aromatic heterocycles. The lowest BCUT2D eigenvalue weighted by atomic mass is 9.63. The van der Waals surface area contributed by atoms with E-state index in [-0.39, 0.29) is 16.9 Å². The van der Waals surface area contributed by atoms with Crippen molar-refractivity contribution in [3.05, 3.63) is 58.1 Å². The fourth-order valence-electron chi connectivity index (χ4n) is 5.65. The summed E-state index contributed by atoms with van der Waals surface area (Å²) < 4.78 is 36.4. The van der Waals surface area contributed by atoms with Crippen molar-refractivity contribution in [1.82, 2.24) is 4.31 Å². The van der Waals surface area contributed by atoms with E-state index in [0.717, 1.165) is 48.5 Å². The zero-order chi connectivity index (χ0) is 25.7. The lowest BCUT2D eigenvalue weighted by Crippen LogP contribution is -2.65. The lowest BCUT2D eigenvalue weighted by Gasteiger charge is -2.57. The molecule has 2 aromatic rings. The minimum absolute atomic E-state index is 0.0980. The molecule has 0 atom stereocenters. The van der Waals surface area contributed by atoms with Crippen LogP contribution >= 0.6 is 11.6 Å². The Kier molecular flexibility index (Phi) is 6.49. The molecule has 0 radical (unpaired) electrons. The van der Waals surface area contributed by atoms with Gasteiger partial charge in [0.25, 0.3) is 0 Å². The molecule has 192 valence electrons. The van der Waals surface area contributed by atoms with Gasteiger partial charge in [-0.15, -0.1) is 0 Å². The van der Waals surface area contributed by atoms with Gasteiger partial charge < -0.3 is 14.4 Å². The predicted octanol–water partition coefficient (Wildman–Crippen LogP) is 4.18. The molecule has 0 unspecified atom stereocenters. The van der Waals surface area contributed by atoms with Crippen LogP contribution in [0, 0.1) is 16.7 Å². The summed E-state index contributed by atoms with van der Waals surface area (Å²) in [6.45, 7) is 8.17. The normalized spacial score (nSPS) is 20.5. The van der Waals surface area contributed by atoms with Gasteiger partial charge in [-0.1, -0.05) is 37.6 Å². The first-order valence-electron chi connectivity index (χ1n) is 12.3. The molecule has 0 bridgehead atoms. The van der Waals surface area contributed by atoms with Crippen LogP contribution in [0.15, 0.2) is 36.4 Å². The van der Waals surface area contributed by atoms with Gasteiger partial charge in [0.05, 0.1) is 41.8 Å². The highest BCUT2D eigenvalue weighted by Gasteiger charge is 2.55. The molecule has 0 amide bonds. The molecule has 0 N–H and O–H groups in total. The van der Waals surface area contributed by atoms with Crippen molar-refractivity contribution in [2.45, 2.75) is 38.2 Å². The number of halogens is 1. The molecule has 5 rings (SSSR count). The van der Waals surface area contributed by atoms with Gasteiger partial charge >= 0.3 is 0 Å². The monoisotopic (exact) mass is 529 g/mol. The van der Waals surface area contributed by atoms with Crippen LogP contribution in [0.5, 0.6) is 5.75 Å². The number of hydrogen-bond donors (Lipinski definition) is 0. The Bertz CT molecular complexity index is 1280. The van der Waals surface area contributed by atoms with Crippen LogP contribution in [-0.4, -0.2) is 64.5 Å². The molecule has 7 nitrogen and oxygen atoms in total. The average molecular weight is 530 g/mol. The Balaban J connectivity index is 1.26. The van der Waals surface area contributed by atoms with E-state index >= 15 is 0 Å². The quantitative estimate of drug-likeness (QED) is 0.558. The summed E-state index contributed by atoms with van der Waals surface area (Å²) in [7, 11) is -3.09. The Morgan fingerprint density at radius 3 is 2.33 bits per heavy atom. The molecule has 1 spiro atoms. The first-order valence-corrected chi connectivity index (χ1v) is 14.5. The van der Waals surface area contributed by atoms with Crippen LogP contribution < -0.4 is 9.64 Å². The molecule has 9 heteroatoms. The minimum Gasteiger partial charge on any atom is -0.490 e. The van der Waals surface area contributed by atoms with E-state index in [1.54, 1.807) is 0 Å². The smallest absolute Gasteiger partial charge is 0.211 e. The van der Waals surface area contributed by atoms with Gasteiger partial charge in [0, 0.05) is 37.0 Å². The van der Waals surface area contributed by atoms with E-state index in [4.69, 9.17) is 21.1 Å². The second-order valence-corrected chi connectivity index (χ2v) is 13.3. The lowest BCUT2D eigenvalue weighted by molar-refractivity contribution is -0.0868. The molecule has 2 heterocycles. The van der Waals surface area contributed by atoms with Crippen molar-refractivity contribution in [1.29, 1.82) is 5.26 Å². The van der Waals surface area contributed by atoms with E-state index < -0.39 is 10.0 Å². The van der Waals surface area contributed by atoms with Crippen molar-refractivity contribution in [2.75, 3.05) is 50.5 Å². The molecule has 1 saturated carbocycles. The molecule has 36 heavy (non-hydrogen) atoms. The fourth-order valence-corrected chi connectivity index (χ4v) is 7.00. The van der Waals surface area contributed by atoms with Gasteiger partial charge in [0.2, 0.25) is 10.0 Å². The maximum absolute atomic E-state index is 11.6. The first kappa shape index (κ1) is 25.3. The van der Waals surface area contributed by atoms with Gasteiger partial charge in [-0.05, 0) is 48.2 Å². The minimum atomic E-state index is -3.09. The van der Waals surface area contributed by atoms with Crippen molar-refractivity contribution in [3.63, 3.8) is 0 Å². The molecule has 3 fully saturated rings. The zero-order valence-corrected chi connectivity index (χ0v) is 22.5. The predicted molar refractivity (Wildman–Crippen MR) is 140 cm³/mol. The molecular weight excluding hydrogens is 498 g/mol. The molecule has 3 aliphatic rings. The van der Waals surface area contributed by atoms with Crippen LogP contribution in [0.1, 0.15) is 43.4 Å². The van der Waals surface area contributed by atoms with Crippen LogP contribution in [0.4, 0.5) is 5.69 Å². The summed E-state index contributed by atoms with van der Waals surface area (Å²) in [5, 5.41) is 10.5. The number of sulfonamides is 1. The number of hydrogen-bond acceptors (Lipinski definition) is 6. The fraction of sp³-hybridized carbons (Fsp3) is 0.519. The number of nitriles is 1. The number of morpholine rings is 1. The third kappa shape index (κ3) is 4.70. The molecule has 2 aromatic carbocycles. The second-order valence-electron chi connectivity index (χ2n) is 10.9. The summed E-state index contributed by atoms with van der Waals surface area (Å²) in [5.41, 5.74) is 3.18. The number of ether oxygens (including phenoxy) is 2. The summed E-state index contributed by atoms with van der Waals surface area (Å²) in [6, 6.07) is 14.4. The number of anilines is 1. The maximum atomic E-state index is 11.6. The summed E-state index contributed by atoms with van der Waals surface area (Å²) in [5.74, 6) is 0.812. The van der Waals surface area contributed by atoms with Crippen molar-refractivity contribution < 1.29 is 17.9 Å². The maximum Gasteiger partial charge on any atom is 0.211 e. The molecule has 2 aliphatic heterocycles. The van der Waals surface area contributed by atoms with Crippen LogP contribution in [0.2, 0.25) is 5.02 Å². The van der Waals surface area contributed by atoms with Crippen molar-refractivity contribution >= 4 is 27.3 Å². The van der Waals surface area contributed by atoms with E-state index in [2.05, 4.69) is 36.9 Å². The summed E-state index contributed by atoms with van der Waals surface area (Å²) >= 11 is 6.73. The SMILES string of the molecule is CC(C)(c1ccc(OC2CC3(C2)CN(S(C)(=O)=O)C3)cc1)c1cc(Cl)c(N2CCOCC2)c(C#N)c1. The topological polar surface area (TPSA) is 82.9 Å². The van der Waals surface area contributed by atoms with Gasteiger partial charge in [0.1, 0.15) is 11.8 Å². The Hall–Kier alpha value is -2.31. The van der Waals surface area contributed by atoms with Gasteiger partial charge in [0.15, 0.2) is 0 Å². The van der Waals surface area contributed by atoms with Crippen molar-refractivity contribution in [2.24, 2.45) is 5.41 Å². The highest BCUT2D eigenvalue weighted by molar-refractivity contribution is 7.88. The van der Waals surface area contributed by atoms with Gasteiger partial charge in [-0.2, -0.15) is 5.26 Å². The molecule has 2 saturated heterocycles. The van der Waals surface area contributed by atoms with E-state index in [1.807, 2.05) is 24.3 Å². The Morgan fingerprint density at radius 2 is 1.75 bits per heavy atom. The summed E-state index contributed by atoms with van der Waals surface area (Å²) in [4.78, 5) is 2.13. The third-order valence-electron chi connectivity index (χ3n) is 7.93. The van der Waals surface area contributed by atoms with E-state index in [0.29, 0.717) is 36.9 Å². The number of benzene rings is 2. The summed E-state index contributed by atoms with van der Waals surface area (Å²) in [6.07, 6.45) is 3.16.